The lowest BCUT2D eigenvalue weighted by molar-refractivity contribution is 0.0950. The summed E-state index contributed by atoms with van der Waals surface area (Å²) in [7, 11) is 0. The first kappa shape index (κ1) is 12.7. The minimum atomic E-state index is -0.521. The molecule has 2 rings (SSSR count). The minimum absolute atomic E-state index is 0.0327. The first-order chi connectivity index (χ1) is 8.68. The summed E-state index contributed by atoms with van der Waals surface area (Å²) in [5.41, 5.74) is 3.49. The van der Waals surface area contributed by atoms with Crippen LogP contribution >= 0.6 is 0 Å². The van der Waals surface area contributed by atoms with Crippen molar-refractivity contribution in [2.75, 3.05) is 0 Å². The van der Waals surface area contributed by atoms with Crippen LogP contribution in [0.2, 0.25) is 0 Å². The summed E-state index contributed by atoms with van der Waals surface area (Å²) >= 11 is 0. The number of benzene rings is 1. The topological polar surface area (TPSA) is 41.5 Å². The van der Waals surface area contributed by atoms with Crippen LogP contribution in [0.25, 0.3) is 0 Å². The molecule has 1 aromatic carbocycles. The molecule has 1 fully saturated rings. The highest BCUT2D eigenvalue weighted by Gasteiger charge is 2.16. The van der Waals surface area contributed by atoms with Gasteiger partial charge in [0.15, 0.2) is 0 Å². The largest absolute Gasteiger partial charge is 0.274 e. The molecule has 0 radical (unpaired) electrons. The molecule has 96 valence electrons. The molecule has 1 aromatic rings. The Hall–Kier alpha value is -1.71. The summed E-state index contributed by atoms with van der Waals surface area (Å²) in [6, 6.07) is 5.91. The SMILES string of the molecule is C[C@H]1CCCC/C1=N/NC(=O)c1ccccc1F. The zero-order valence-electron chi connectivity index (χ0n) is 10.4. The molecule has 1 saturated carbocycles. The zero-order valence-corrected chi connectivity index (χ0v) is 10.4. The van der Waals surface area contributed by atoms with Gasteiger partial charge < -0.3 is 0 Å². The zero-order chi connectivity index (χ0) is 13.0. The summed E-state index contributed by atoms with van der Waals surface area (Å²) in [5.74, 6) is -0.607. The molecule has 3 nitrogen and oxygen atoms in total. The van der Waals surface area contributed by atoms with Gasteiger partial charge >= 0.3 is 0 Å². The first-order valence-electron chi connectivity index (χ1n) is 6.30. The molecule has 1 amide bonds. The van der Waals surface area contributed by atoms with Crippen molar-refractivity contribution in [3.63, 3.8) is 0 Å². The van der Waals surface area contributed by atoms with E-state index in [4.69, 9.17) is 0 Å². The molecule has 18 heavy (non-hydrogen) atoms. The van der Waals surface area contributed by atoms with E-state index >= 15 is 0 Å². The van der Waals surface area contributed by atoms with Gasteiger partial charge in [0.1, 0.15) is 5.82 Å². The van der Waals surface area contributed by atoms with Gasteiger partial charge in [-0.1, -0.05) is 25.5 Å². The van der Waals surface area contributed by atoms with Crippen molar-refractivity contribution in [2.45, 2.75) is 32.6 Å². The van der Waals surface area contributed by atoms with Crippen molar-refractivity contribution in [3.05, 3.63) is 35.6 Å². The molecule has 4 heteroatoms. The van der Waals surface area contributed by atoms with E-state index in [1.54, 1.807) is 12.1 Å². The lowest BCUT2D eigenvalue weighted by Crippen LogP contribution is -2.24. The van der Waals surface area contributed by atoms with Gasteiger partial charge in [-0.05, 0) is 37.3 Å². The Bertz CT molecular complexity index is 471. The van der Waals surface area contributed by atoms with Crippen LogP contribution in [0.3, 0.4) is 0 Å². The van der Waals surface area contributed by atoms with Crippen LogP contribution in [0.1, 0.15) is 43.0 Å². The van der Waals surface area contributed by atoms with E-state index in [0.29, 0.717) is 5.92 Å². The lowest BCUT2D eigenvalue weighted by atomic mass is 9.89. The van der Waals surface area contributed by atoms with Crippen LogP contribution in [0.4, 0.5) is 4.39 Å². The number of hydrogen-bond donors (Lipinski definition) is 1. The predicted molar refractivity (Wildman–Crippen MR) is 68.9 cm³/mol. The summed E-state index contributed by atoms with van der Waals surface area (Å²) < 4.78 is 13.4. The van der Waals surface area contributed by atoms with E-state index < -0.39 is 11.7 Å². The molecule has 1 N–H and O–H groups in total. The Labute approximate surface area is 106 Å². The van der Waals surface area contributed by atoms with E-state index in [9.17, 15) is 9.18 Å². The van der Waals surface area contributed by atoms with E-state index in [-0.39, 0.29) is 5.56 Å². The third-order valence-electron chi connectivity index (χ3n) is 3.31. The number of carbonyl (C=O) groups excluding carboxylic acids is 1. The number of hydrazone groups is 1. The second kappa shape index (κ2) is 5.76. The van der Waals surface area contributed by atoms with Crippen LogP contribution in [-0.2, 0) is 0 Å². The van der Waals surface area contributed by atoms with E-state index in [0.717, 1.165) is 25.0 Å². The number of amides is 1. The number of carbonyl (C=O) groups is 1. The number of hydrogen-bond acceptors (Lipinski definition) is 2. The fourth-order valence-electron chi connectivity index (χ4n) is 2.16. The van der Waals surface area contributed by atoms with Crippen molar-refractivity contribution in [1.29, 1.82) is 0 Å². The maximum atomic E-state index is 13.4. The summed E-state index contributed by atoms with van der Waals surface area (Å²) in [5, 5.41) is 4.13. The molecule has 1 aliphatic carbocycles. The third kappa shape index (κ3) is 2.94. The second-order valence-corrected chi connectivity index (χ2v) is 4.67. The normalized spacial score (nSPS) is 21.9. The van der Waals surface area contributed by atoms with E-state index in [1.165, 1.54) is 18.6 Å². The number of nitrogens with zero attached hydrogens (tertiary/aromatic N) is 1. The second-order valence-electron chi connectivity index (χ2n) is 4.67. The molecule has 0 bridgehead atoms. The van der Waals surface area contributed by atoms with Crippen LogP contribution in [0.15, 0.2) is 29.4 Å². The predicted octanol–water partition coefficient (Wildman–Crippen LogP) is 3.12. The van der Waals surface area contributed by atoms with Gasteiger partial charge in [-0.25, -0.2) is 9.82 Å². The summed E-state index contributed by atoms with van der Waals surface area (Å²) in [6.07, 6.45) is 4.34. The van der Waals surface area contributed by atoms with E-state index in [2.05, 4.69) is 17.5 Å². The molecular weight excluding hydrogens is 231 g/mol. The maximum absolute atomic E-state index is 13.4. The van der Waals surface area contributed by atoms with Crippen molar-refractivity contribution < 1.29 is 9.18 Å². The number of halogens is 1. The van der Waals surface area contributed by atoms with Crippen LogP contribution in [0.5, 0.6) is 0 Å². The monoisotopic (exact) mass is 248 g/mol. The highest BCUT2D eigenvalue weighted by molar-refractivity contribution is 5.96. The highest BCUT2D eigenvalue weighted by atomic mass is 19.1. The van der Waals surface area contributed by atoms with Gasteiger partial charge in [-0.3, -0.25) is 4.79 Å². The summed E-state index contributed by atoms with van der Waals surface area (Å²) in [4.78, 5) is 11.8. The molecule has 0 heterocycles. The van der Waals surface area contributed by atoms with Crippen LogP contribution in [0, 0.1) is 11.7 Å². The summed E-state index contributed by atoms with van der Waals surface area (Å²) in [6.45, 7) is 2.10. The van der Waals surface area contributed by atoms with Gasteiger partial charge in [-0.15, -0.1) is 0 Å². The van der Waals surface area contributed by atoms with Gasteiger partial charge in [-0.2, -0.15) is 5.10 Å². The van der Waals surface area contributed by atoms with Gasteiger partial charge in [0.25, 0.3) is 5.91 Å². The van der Waals surface area contributed by atoms with Crippen LogP contribution < -0.4 is 5.43 Å². The fourth-order valence-corrected chi connectivity index (χ4v) is 2.16. The number of nitrogens with one attached hydrogen (secondary N) is 1. The van der Waals surface area contributed by atoms with Gasteiger partial charge in [0.2, 0.25) is 0 Å². The average molecular weight is 248 g/mol. The van der Waals surface area contributed by atoms with Gasteiger partial charge in [0, 0.05) is 5.71 Å². The smallest absolute Gasteiger partial charge is 0.267 e. The Kier molecular flexibility index (Phi) is 4.07. The first-order valence-corrected chi connectivity index (χ1v) is 6.30. The Balaban J connectivity index is 2.04. The maximum Gasteiger partial charge on any atom is 0.274 e. The van der Waals surface area contributed by atoms with Gasteiger partial charge in [0.05, 0.1) is 5.56 Å². The molecule has 0 aliphatic heterocycles. The quantitative estimate of drug-likeness (QED) is 0.803. The molecule has 0 spiro atoms. The average Bonchev–Trinajstić information content (AvgIpc) is 2.38. The standard InChI is InChI=1S/C14H17FN2O/c1-10-6-2-5-9-13(10)16-17-14(18)11-7-3-4-8-12(11)15/h3-4,7-8,10H,2,5-6,9H2,1H3,(H,17,18)/b16-13-/t10-/m0/s1. The highest BCUT2D eigenvalue weighted by Crippen LogP contribution is 2.20. The number of rotatable bonds is 2. The van der Waals surface area contributed by atoms with Crippen molar-refractivity contribution in [1.82, 2.24) is 5.43 Å². The molecule has 0 aromatic heterocycles. The fraction of sp³-hybridized carbons (Fsp3) is 0.429. The minimum Gasteiger partial charge on any atom is -0.267 e. The molecule has 0 unspecified atom stereocenters. The Morgan fingerprint density at radius 1 is 1.39 bits per heavy atom. The van der Waals surface area contributed by atoms with Crippen molar-refractivity contribution >= 4 is 11.6 Å². The molecular formula is C14H17FN2O. The third-order valence-corrected chi connectivity index (χ3v) is 3.31. The Morgan fingerprint density at radius 3 is 2.89 bits per heavy atom. The molecule has 1 atom stereocenters. The molecule has 1 aliphatic rings. The van der Waals surface area contributed by atoms with E-state index in [1.807, 2.05) is 0 Å². The lowest BCUT2D eigenvalue weighted by Gasteiger charge is -2.19. The Morgan fingerprint density at radius 2 is 2.17 bits per heavy atom. The molecule has 0 saturated heterocycles. The van der Waals surface area contributed by atoms with Crippen molar-refractivity contribution in [2.24, 2.45) is 11.0 Å². The van der Waals surface area contributed by atoms with Crippen LogP contribution in [-0.4, -0.2) is 11.6 Å². The van der Waals surface area contributed by atoms with Crippen molar-refractivity contribution in [3.8, 4) is 0 Å².